The number of hydrogen-bond acceptors (Lipinski definition) is 4. The van der Waals surface area contributed by atoms with E-state index in [1.807, 2.05) is 11.3 Å². The molecule has 1 amide bonds. The molecule has 7 heteroatoms. The van der Waals surface area contributed by atoms with Crippen LogP contribution < -0.4 is 10.6 Å². The van der Waals surface area contributed by atoms with E-state index in [2.05, 4.69) is 38.8 Å². The van der Waals surface area contributed by atoms with E-state index in [4.69, 9.17) is 4.99 Å². The molecule has 3 aliphatic rings. The first-order valence-electron chi connectivity index (χ1n) is 10.2. The number of hydrogen-bond donors (Lipinski definition) is 2. The van der Waals surface area contributed by atoms with Crippen molar-refractivity contribution in [1.29, 1.82) is 0 Å². The fourth-order valence-electron chi connectivity index (χ4n) is 4.65. The number of thiophene rings is 1. The number of fused-ring (bicyclic) bond motifs is 1. The highest BCUT2D eigenvalue weighted by Gasteiger charge is 2.42. The van der Waals surface area contributed by atoms with Crippen molar-refractivity contribution in [3.8, 4) is 0 Å². The van der Waals surface area contributed by atoms with Gasteiger partial charge >= 0.3 is 0 Å². The molecule has 4 heterocycles. The van der Waals surface area contributed by atoms with E-state index >= 15 is 0 Å². The van der Waals surface area contributed by atoms with Gasteiger partial charge < -0.3 is 15.5 Å². The van der Waals surface area contributed by atoms with Crippen LogP contribution in [0.5, 0.6) is 0 Å². The average Bonchev–Trinajstić information content (AvgIpc) is 3.27. The molecule has 0 bridgehead atoms. The first-order valence-corrected chi connectivity index (χ1v) is 11.1. The van der Waals surface area contributed by atoms with Gasteiger partial charge in [-0.15, -0.1) is 11.3 Å². The Morgan fingerprint density at radius 2 is 2.37 bits per heavy atom. The Balaban J connectivity index is 1.35. The van der Waals surface area contributed by atoms with Crippen molar-refractivity contribution in [2.75, 3.05) is 45.8 Å². The molecule has 2 saturated heterocycles. The molecular formula is C20H31N5OS. The molecule has 1 spiro atoms. The summed E-state index contributed by atoms with van der Waals surface area (Å²) >= 11 is 1.89. The molecule has 27 heavy (non-hydrogen) atoms. The van der Waals surface area contributed by atoms with Crippen LogP contribution in [0.25, 0.3) is 0 Å². The highest BCUT2D eigenvalue weighted by atomic mass is 32.1. The van der Waals surface area contributed by atoms with Crippen LogP contribution >= 0.6 is 11.3 Å². The number of likely N-dealkylation sites (tertiary alicyclic amines) is 1. The zero-order chi connectivity index (χ0) is 18.7. The predicted octanol–water partition coefficient (Wildman–Crippen LogP) is 1.67. The lowest BCUT2D eigenvalue weighted by Crippen LogP contribution is -2.51. The predicted molar refractivity (Wildman–Crippen MR) is 110 cm³/mol. The van der Waals surface area contributed by atoms with Crippen molar-refractivity contribution >= 4 is 23.2 Å². The maximum atomic E-state index is 11.8. The number of amides is 1. The van der Waals surface area contributed by atoms with Crippen LogP contribution in [-0.4, -0.2) is 67.5 Å². The van der Waals surface area contributed by atoms with Crippen LogP contribution in [0.4, 0.5) is 0 Å². The average molecular weight is 390 g/mol. The Bertz CT molecular complexity index is 702. The summed E-state index contributed by atoms with van der Waals surface area (Å²) in [5.41, 5.74) is 1.60. The number of nitrogens with one attached hydrogen (secondary N) is 2. The van der Waals surface area contributed by atoms with Crippen molar-refractivity contribution in [3.63, 3.8) is 0 Å². The minimum atomic E-state index is 0.105. The summed E-state index contributed by atoms with van der Waals surface area (Å²) < 4.78 is 0. The van der Waals surface area contributed by atoms with E-state index in [-0.39, 0.29) is 11.3 Å². The zero-order valence-electron chi connectivity index (χ0n) is 16.3. The van der Waals surface area contributed by atoms with Crippen molar-refractivity contribution < 1.29 is 4.79 Å². The van der Waals surface area contributed by atoms with E-state index < -0.39 is 0 Å². The number of piperidine rings is 1. The Kier molecular flexibility index (Phi) is 5.68. The van der Waals surface area contributed by atoms with Crippen LogP contribution in [0.15, 0.2) is 16.4 Å². The summed E-state index contributed by atoms with van der Waals surface area (Å²) in [7, 11) is 0. The quantitative estimate of drug-likeness (QED) is 0.608. The number of carbonyl (C=O) groups excluding carboxylic acids is 1. The van der Waals surface area contributed by atoms with E-state index in [1.54, 1.807) is 4.88 Å². The van der Waals surface area contributed by atoms with Crippen molar-refractivity contribution in [3.05, 3.63) is 21.9 Å². The standard InChI is InChI=1S/C20H31N5OS/c1-2-21-19(25-8-3-6-20(15-25)12-18(26)23-14-20)22-7-10-24-9-4-17-16(13-24)5-11-27-17/h5,11H,2-4,6-10,12-15H2,1H3,(H,21,22)(H,23,26). The van der Waals surface area contributed by atoms with Crippen LogP contribution in [0.1, 0.15) is 36.6 Å². The second-order valence-corrected chi connectivity index (χ2v) is 9.11. The van der Waals surface area contributed by atoms with Gasteiger partial charge in [0.05, 0.1) is 6.54 Å². The third-order valence-electron chi connectivity index (χ3n) is 6.06. The van der Waals surface area contributed by atoms with Crippen molar-refractivity contribution in [2.24, 2.45) is 10.4 Å². The monoisotopic (exact) mass is 389 g/mol. The molecule has 1 aromatic rings. The molecule has 4 rings (SSSR count). The molecule has 3 aliphatic heterocycles. The number of aliphatic imine (C=N–C) groups is 1. The molecule has 0 aromatic carbocycles. The summed E-state index contributed by atoms with van der Waals surface area (Å²) in [6, 6.07) is 2.27. The van der Waals surface area contributed by atoms with Crippen LogP contribution in [0.2, 0.25) is 0 Å². The van der Waals surface area contributed by atoms with Gasteiger partial charge in [-0.3, -0.25) is 14.7 Å². The lowest BCUT2D eigenvalue weighted by atomic mass is 9.79. The van der Waals surface area contributed by atoms with Crippen molar-refractivity contribution in [2.45, 2.75) is 39.2 Å². The van der Waals surface area contributed by atoms with E-state index in [9.17, 15) is 4.79 Å². The van der Waals surface area contributed by atoms with Crippen LogP contribution in [0, 0.1) is 5.41 Å². The topological polar surface area (TPSA) is 60.0 Å². The third kappa shape index (κ3) is 4.29. The van der Waals surface area contributed by atoms with Gasteiger partial charge in [-0.2, -0.15) is 0 Å². The van der Waals surface area contributed by atoms with Gasteiger partial charge in [0.25, 0.3) is 0 Å². The smallest absolute Gasteiger partial charge is 0.220 e. The van der Waals surface area contributed by atoms with Gasteiger partial charge in [0.2, 0.25) is 5.91 Å². The minimum absolute atomic E-state index is 0.105. The zero-order valence-corrected chi connectivity index (χ0v) is 17.1. The fraction of sp³-hybridized carbons (Fsp3) is 0.700. The maximum Gasteiger partial charge on any atom is 0.220 e. The first kappa shape index (κ1) is 18.7. The highest BCUT2D eigenvalue weighted by molar-refractivity contribution is 7.10. The summed E-state index contributed by atoms with van der Waals surface area (Å²) in [5.74, 6) is 1.22. The summed E-state index contributed by atoms with van der Waals surface area (Å²) in [6.07, 6.45) is 4.11. The van der Waals surface area contributed by atoms with E-state index in [0.717, 1.165) is 71.2 Å². The second-order valence-electron chi connectivity index (χ2n) is 8.11. The van der Waals surface area contributed by atoms with Gasteiger partial charge in [0.1, 0.15) is 0 Å². The normalized spacial score (nSPS) is 26.3. The largest absolute Gasteiger partial charge is 0.357 e. The van der Waals surface area contributed by atoms with Crippen molar-refractivity contribution in [1.82, 2.24) is 20.4 Å². The van der Waals surface area contributed by atoms with Gasteiger partial charge in [0.15, 0.2) is 5.96 Å². The molecule has 2 fully saturated rings. The summed E-state index contributed by atoms with van der Waals surface area (Å²) in [5, 5.41) is 8.72. The molecule has 2 N–H and O–H groups in total. The number of carbonyl (C=O) groups is 1. The molecule has 1 unspecified atom stereocenters. The molecule has 148 valence electrons. The van der Waals surface area contributed by atoms with Crippen LogP contribution in [-0.2, 0) is 17.8 Å². The Hall–Kier alpha value is -1.60. The molecular weight excluding hydrogens is 358 g/mol. The number of nitrogens with zero attached hydrogens (tertiary/aromatic N) is 3. The fourth-order valence-corrected chi connectivity index (χ4v) is 5.54. The molecule has 0 aliphatic carbocycles. The Labute approximate surface area is 166 Å². The third-order valence-corrected chi connectivity index (χ3v) is 7.08. The lowest BCUT2D eigenvalue weighted by Gasteiger charge is -2.40. The minimum Gasteiger partial charge on any atom is -0.357 e. The molecule has 6 nitrogen and oxygen atoms in total. The Morgan fingerprint density at radius 1 is 1.44 bits per heavy atom. The highest BCUT2D eigenvalue weighted by Crippen LogP contribution is 2.36. The van der Waals surface area contributed by atoms with E-state index in [1.165, 1.54) is 12.0 Å². The van der Waals surface area contributed by atoms with Gasteiger partial charge in [-0.25, -0.2) is 0 Å². The van der Waals surface area contributed by atoms with Gasteiger partial charge in [-0.1, -0.05) is 0 Å². The molecule has 1 atom stereocenters. The van der Waals surface area contributed by atoms with Gasteiger partial charge in [-0.05, 0) is 43.2 Å². The molecule has 1 aromatic heterocycles. The summed E-state index contributed by atoms with van der Waals surface area (Å²) in [6.45, 7) is 9.80. The van der Waals surface area contributed by atoms with E-state index in [0.29, 0.717) is 6.42 Å². The number of guanidine groups is 1. The maximum absolute atomic E-state index is 11.8. The lowest BCUT2D eigenvalue weighted by molar-refractivity contribution is -0.119. The van der Waals surface area contributed by atoms with Gasteiger partial charge in [0, 0.05) is 62.5 Å². The Morgan fingerprint density at radius 3 is 3.19 bits per heavy atom. The second kappa shape index (κ2) is 8.19. The molecule has 0 saturated carbocycles. The SMILES string of the molecule is CCNC(=NCCN1CCc2sccc2C1)N1CCCC2(CNC(=O)C2)C1. The first-order chi connectivity index (χ1) is 13.2. The number of rotatable bonds is 4. The van der Waals surface area contributed by atoms with Crippen LogP contribution in [0.3, 0.4) is 0 Å². The molecule has 0 radical (unpaired) electrons. The summed E-state index contributed by atoms with van der Waals surface area (Å²) in [4.78, 5) is 23.1.